The first kappa shape index (κ1) is 12.9. The van der Waals surface area contributed by atoms with Crippen molar-refractivity contribution in [1.82, 2.24) is 0 Å². The summed E-state index contributed by atoms with van der Waals surface area (Å²) < 4.78 is 30.7. The quantitative estimate of drug-likeness (QED) is 0.846. The fourth-order valence-corrected chi connectivity index (χ4v) is 4.14. The SMILES string of the molecule is Nc1cc(Br)ccc1S(=O)(=O)C1CCOCC1. The van der Waals surface area contributed by atoms with E-state index in [4.69, 9.17) is 10.5 Å². The predicted octanol–water partition coefficient (Wildman–Crippen LogP) is 1.98. The van der Waals surface area contributed by atoms with Crippen LogP contribution in [0.5, 0.6) is 0 Å². The zero-order valence-electron chi connectivity index (χ0n) is 9.23. The number of ether oxygens (including phenoxy) is 1. The topological polar surface area (TPSA) is 69.4 Å². The number of rotatable bonds is 2. The summed E-state index contributed by atoms with van der Waals surface area (Å²) in [7, 11) is -3.34. The Morgan fingerprint density at radius 2 is 1.94 bits per heavy atom. The third-order valence-corrected chi connectivity index (χ3v) is 5.71. The van der Waals surface area contributed by atoms with E-state index in [9.17, 15) is 8.42 Å². The van der Waals surface area contributed by atoms with E-state index in [1.165, 1.54) is 0 Å². The van der Waals surface area contributed by atoms with Crippen LogP contribution in [0.15, 0.2) is 27.6 Å². The van der Waals surface area contributed by atoms with Gasteiger partial charge in [0.25, 0.3) is 0 Å². The number of halogens is 1. The van der Waals surface area contributed by atoms with Crippen LogP contribution in [0, 0.1) is 0 Å². The summed E-state index contributed by atoms with van der Waals surface area (Å²) in [6.07, 6.45) is 1.08. The van der Waals surface area contributed by atoms with Gasteiger partial charge in [-0.1, -0.05) is 15.9 Å². The minimum atomic E-state index is -3.34. The molecule has 1 aliphatic rings. The van der Waals surface area contributed by atoms with Crippen LogP contribution in [-0.2, 0) is 14.6 Å². The van der Waals surface area contributed by atoms with Crippen molar-refractivity contribution in [3.63, 3.8) is 0 Å². The molecule has 1 aromatic carbocycles. The number of nitrogens with two attached hydrogens (primary N) is 1. The Hall–Kier alpha value is -0.590. The Labute approximate surface area is 109 Å². The molecule has 2 N–H and O–H groups in total. The molecule has 0 bridgehead atoms. The zero-order chi connectivity index (χ0) is 12.5. The highest BCUT2D eigenvalue weighted by atomic mass is 79.9. The lowest BCUT2D eigenvalue weighted by Crippen LogP contribution is -2.29. The van der Waals surface area contributed by atoms with Crippen molar-refractivity contribution in [2.75, 3.05) is 18.9 Å². The number of sulfone groups is 1. The summed E-state index contributed by atoms with van der Waals surface area (Å²) in [5.74, 6) is 0. The molecule has 6 heteroatoms. The molecule has 94 valence electrons. The molecule has 0 saturated carbocycles. The molecule has 0 amide bonds. The van der Waals surface area contributed by atoms with Gasteiger partial charge in [0.15, 0.2) is 9.84 Å². The molecule has 1 aromatic rings. The first-order valence-corrected chi connectivity index (χ1v) is 7.72. The number of hydrogen-bond donors (Lipinski definition) is 1. The lowest BCUT2D eigenvalue weighted by Gasteiger charge is -2.22. The third-order valence-electron chi connectivity index (χ3n) is 2.89. The van der Waals surface area contributed by atoms with Crippen LogP contribution in [0.25, 0.3) is 0 Å². The lowest BCUT2D eigenvalue weighted by molar-refractivity contribution is 0.0983. The van der Waals surface area contributed by atoms with Gasteiger partial charge in [0.05, 0.1) is 15.8 Å². The molecule has 0 aromatic heterocycles. The fourth-order valence-electron chi connectivity index (χ4n) is 1.94. The molecule has 1 heterocycles. The molecule has 0 spiro atoms. The van der Waals surface area contributed by atoms with Crippen LogP contribution in [0.2, 0.25) is 0 Å². The second kappa shape index (κ2) is 4.96. The standard InChI is InChI=1S/C11H14BrNO3S/c12-8-1-2-11(10(13)7-8)17(14,15)9-3-5-16-6-4-9/h1-2,7,9H,3-6,13H2. The Kier molecular flexibility index (Phi) is 3.75. The van der Waals surface area contributed by atoms with Gasteiger partial charge in [0.1, 0.15) is 0 Å². The van der Waals surface area contributed by atoms with E-state index in [1.54, 1.807) is 18.2 Å². The van der Waals surface area contributed by atoms with Crippen molar-refractivity contribution >= 4 is 31.5 Å². The van der Waals surface area contributed by atoms with Crippen LogP contribution in [-0.4, -0.2) is 26.9 Å². The van der Waals surface area contributed by atoms with Gasteiger partial charge >= 0.3 is 0 Å². The average molecular weight is 320 g/mol. The lowest BCUT2D eigenvalue weighted by atomic mass is 10.2. The second-order valence-corrected chi connectivity index (χ2v) is 7.15. The van der Waals surface area contributed by atoms with Crippen LogP contribution in [0.3, 0.4) is 0 Å². The van der Waals surface area contributed by atoms with Gasteiger partial charge in [-0.05, 0) is 31.0 Å². The first-order valence-electron chi connectivity index (χ1n) is 5.38. The van der Waals surface area contributed by atoms with Gasteiger partial charge < -0.3 is 10.5 Å². The van der Waals surface area contributed by atoms with Crippen LogP contribution < -0.4 is 5.73 Å². The summed E-state index contributed by atoms with van der Waals surface area (Å²) >= 11 is 3.26. The summed E-state index contributed by atoms with van der Waals surface area (Å²) in [4.78, 5) is 0.229. The average Bonchev–Trinajstić information content (AvgIpc) is 2.29. The van der Waals surface area contributed by atoms with Gasteiger partial charge in [-0.2, -0.15) is 0 Å². The molecule has 1 fully saturated rings. The fraction of sp³-hybridized carbons (Fsp3) is 0.455. The molecule has 1 saturated heterocycles. The molecule has 2 rings (SSSR count). The summed E-state index contributed by atoms with van der Waals surface area (Å²) in [6.45, 7) is 1.00. The van der Waals surface area contributed by atoms with Gasteiger partial charge in [-0.25, -0.2) is 8.42 Å². The van der Waals surface area contributed by atoms with Gasteiger partial charge in [0.2, 0.25) is 0 Å². The highest BCUT2D eigenvalue weighted by Gasteiger charge is 2.30. The van der Waals surface area contributed by atoms with Crippen molar-refractivity contribution in [2.45, 2.75) is 23.0 Å². The predicted molar refractivity (Wildman–Crippen MR) is 69.6 cm³/mol. The van der Waals surface area contributed by atoms with E-state index in [1.807, 2.05) is 0 Å². The Morgan fingerprint density at radius 3 is 2.53 bits per heavy atom. The number of anilines is 1. The van der Waals surface area contributed by atoms with Gasteiger partial charge in [0, 0.05) is 17.7 Å². The first-order chi connectivity index (χ1) is 8.01. The molecule has 0 aliphatic carbocycles. The van der Waals surface area contributed by atoms with Crippen molar-refractivity contribution in [3.05, 3.63) is 22.7 Å². The molecular weight excluding hydrogens is 306 g/mol. The largest absolute Gasteiger partial charge is 0.398 e. The van der Waals surface area contributed by atoms with Gasteiger partial charge in [-0.3, -0.25) is 0 Å². The maximum atomic E-state index is 12.4. The van der Waals surface area contributed by atoms with Gasteiger partial charge in [-0.15, -0.1) is 0 Å². The van der Waals surface area contributed by atoms with E-state index in [0.717, 1.165) is 4.47 Å². The van der Waals surface area contributed by atoms with Crippen molar-refractivity contribution in [3.8, 4) is 0 Å². The summed E-state index contributed by atoms with van der Waals surface area (Å²) in [5, 5.41) is -0.375. The second-order valence-electron chi connectivity index (χ2n) is 4.04. The Morgan fingerprint density at radius 1 is 1.29 bits per heavy atom. The maximum Gasteiger partial charge on any atom is 0.183 e. The van der Waals surface area contributed by atoms with Crippen LogP contribution in [0.1, 0.15) is 12.8 Å². The molecule has 4 nitrogen and oxygen atoms in total. The van der Waals surface area contributed by atoms with E-state index in [0.29, 0.717) is 31.7 Å². The normalized spacial score (nSPS) is 18.2. The minimum Gasteiger partial charge on any atom is -0.398 e. The van der Waals surface area contributed by atoms with Crippen molar-refractivity contribution < 1.29 is 13.2 Å². The monoisotopic (exact) mass is 319 g/mol. The third kappa shape index (κ3) is 2.64. The summed E-state index contributed by atoms with van der Waals surface area (Å²) in [5.41, 5.74) is 6.07. The highest BCUT2D eigenvalue weighted by Crippen LogP contribution is 2.29. The number of hydrogen-bond acceptors (Lipinski definition) is 4. The molecule has 0 atom stereocenters. The van der Waals surface area contributed by atoms with Crippen molar-refractivity contribution in [1.29, 1.82) is 0 Å². The highest BCUT2D eigenvalue weighted by molar-refractivity contribution is 9.10. The minimum absolute atomic E-state index is 0.229. The van der Waals surface area contributed by atoms with Crippen LogP contribution >= 0.6 is 15.9 Å². The molecule has 0 radical (unpaired) electrons. The molecule has 1 aliphatic heterocycles. The number of nitrogen functional groups attached to an aromatic ring is 1. The van der Waals surface area contributed by atoms with E-state index < -0.39 is 9.84 Å². The molecule has 17 heavy (non-hydrogen) atoms. The Bertz CT molecular complexity index is 509. The number of benzene rings is 1. The summed E-state index contributed by atoms with van der Waals surface area (Å²) in [6, 6.07) is 4.87. The van der Waals surface area contributed by atoms with Crippen LogP contribution in [0.4, 0.5) is 5.69 Å². The maximum absolute atomic E-state index is 12.4. The van der Waals surface area contributed by atoms with E-state index >= 15 is 0 Å². The Balaban J connectivity index is 2.37. The molecular formula is C11H14BrNO3S. The van der Waals surface area contributed by atoms with E-state index in [-0.39, 0.29) is 10.1 Å². The zero-order valence-corrected chi connectivity index (χ0v) is 11.6. The molecule has 0 unspecified atom stereocenters. The van der Waals surface area contributed by atoms with Crippen molar-refractivity contribution in [2.24, 2.45) is 0 Å². The smallest absolute Gasteiger partial charge is 0.183 e. The van der Waals surface area contributed by atoms with E-state index in [2.05, 4.69) is 15.9 Å².